The van der Waals surface area contributed by atoms with E-state index in [9.17, 15) is 5.11 Å². The normalized spacial score (nSPS) is 12.7. The van der Waals surface area contributed by atoms with E-state index < -0.39 is 6.10 Å². The number of hydrogen-bond acceptors (Lipinski definition) is 2. The summed E-state index contributed by atoms with van der Waals surface area (Å²) in [6.45, 7) is 0. The average Bonchev–Trinajstić information content (AvgIpc) is 2.65. The molecule has 0 fully saturated rings. The third-order valence-electron chi connectivity index (χ3n) is 2.28. The number of halogens is 2. The van der Waals surface area contributed by atoms with Gasteiger partial charge in [0.05, 0.1) is 10.4 Å². The third kappa shape index (κ3) is 3.20. The molecule has 0 saturated carbocycles. The predicted molar refractivity (Wildman–Crippen MR) is 77.2 cm³/mol. The molecule has 16 heavy (non-hydrogen) atoms. The molecule has 1 heterocycles. The van der Waals surface area contributed by atoms with Gasteiger partial charge in [-0.25, -0.2) is 0 Å². The Balaban J connectivity index is 2.08. The summed E-state index contributed by atoms with van der Waals surface area (Å²) in [5.74, 6) is 0. The maximum Gasteiger partial charge on any atom is 0.0931 e. The van der Waals surface area contributed by atoms with Crippen molar-refractivity contribution in [2.45, 2.75) is 12.5 Å². The van der Waals surface area contributed by atoms with E-state index in [0.717, 1.165) is 14.8 Å². The van der Waals surface area contributed by atoms with Crippen molar-refractivity contribution in [1.29, 1.82) is 0 Å². The molecule has 0 aliphatic heterocycles. The van der Waals surface area contributed by atoms with Crippen molar-refractivity contribution >= 4 is 45.5 Å². The van der Waals surface area contributed by atoms with Gasteiger partial charge in [-0.05, 0) is 52.4 Å². The van der Waals surface area contributed by atoms with Gasteiger partial charge in [0.15, 0.2) is 0 Å². The summed E-state index contributed by atoms with van der Waals surface area (Å²) in [4.78, 5) is 1.11. The highest BCUT2D eigenvalue weighted by Gasteiger charge is 2.09. The van der Waals surface area contributed by atoms with Crippen molar-refractivity contribution in [3.63, 3.8) is 0 Å². The Morgan fingerprint density at radius 1 is 1.19 bits per heavy atom. The molecule has 1 unspecified atom stereocenters. The lowest BCUT2D eigenvalue weighted by Gasteiger charge is -2.09. The van der Waals surface area contributed by atoms with Crippen LogP contribution in [0.15, 0.2) is 36.4 Å². The Bertz CT molecular complexity index is 466. The summed E-state index contributed by atoms with van der Waals surface area (Å²) in [6, 6.07) is 11.7. The van der Waals surface area contributed by atoms with Gasteiger partial charge >= 0.3 is 0 Å². The summed E-state index contributed by atoms with van der Waals surface area (Å²) in [6.07, 6.45) is 0.171. The first-order valence-electron chi connectivity index (χ1n) is 4.83. The standard InChI is InChI=1S/C12H10ClIOS/c13-12-6-5-10(16-12)7-11(15)8-1-3-9(14)4-2-8/h1-6,11,15H,7H2. The molecule has 1 nitrogen and oxygen atoms in total. The number of thiophene rings is 1. The smallest absolute Gasteiger partial charge is 0.0931 e. The van der Waals surface area contributed by atoms with E-state index in [4.69, 9.17) is 11.6 Å². The molecule has 0 amide bonds. The summed E-state index contributed by atoms with van der Waals surface area (Å²) in [5, 5.41) is 10.0. The largest absolute Gasteiger partial charge is 0.388 e. The molecule has 0 bridgehead atoms. The molecule has 1 aromatic heterocycles. The van der Waals surface area contributed by atoms with Crippen molar-refractivity contribution in [2.24, 2.45) is 0 Å². The van der Waals surface area contributed by atoms with Crippen molar-refractivity contribution in [2.75, 3.05) is 0 Å². The van der Waals surface area contributed by atoms with Crippen molar-refractivity contribution in [3.05, 3.63) is 54.7 Å². The summed E-state index contributed by atoms with van der Waals surface area (Å²) in [5.41, 5.74) is 0.949. The SMILES string of the molecule is OC(Cc1ccc(Cl)s1)c1ccc(I)cc1. The van der Waals surface area contributed by atoms with Gasteiger partial charge in [0.25, 0.3) is 0 Å². The van der Waals surface area contributed by atoms with E-state index in [1.807, 2.05) is 36.4 Å². The zero-order valence-electron chi connectivity index (χ0n) is 8.36. The minimum absolute atomic E-state index is 0.452. The van der Waals surface area contributed by atoms with Crippen LogP contribution in [0.4, 0.5) is 0 Å². The number of aliphatic hydroxyl groups excluding tert-OH is 1. The quantitative estimate of drug-likeness (QED) is 0.806. The van der Waals surface area contributed by atoms with Crippen LogP contribution in [0.2, 0.25) is 4.34 Å². The maximum atomic E-state index is 10.0. The van der Waals surface area contributed by atoms with Gasteiger partial charge in [0.2, 0.25) is 0 Å². The summed E-state index contributed by atoms with van der Waals surface area (Å²) < 4.78 is 1.94. The second kappa shape index (κ2) is 5.49. The van der Waals surface area contributed by atoms with Crippen LogP contribution in [0.25, 0.3) is 0 Å². The Kier molecular flexibility index (Phi) is 4.24. The molecule has 2 rings (SSSR count). The molecule has 2 aromatic rings. The van der Waals surface area contributed by atoms with Gasteiger partial charge in [-0.3, -0.25) is 0 Å². The molecule has 4 heteroatoms. The van der Waals surface area contributed by atoms with Crippen molar-refractivity contribution < 1.29 is 5.11 Å². The van der Waals surface area contributed by atoms with Crippen LogP contribution < -0.4 is 0 Å². The van der Waals surface area contributed by atoms with Gasteiger partial charge in [0.1, 0.15) is 0 Å². The molecule has 1 aromatic carbocycles. The second-order valence-corrected chi connectivity index (χ2v) is 6.52. The van der Waals surface area contributed by atoms with Gasteiger partial charge < -0.3 is 5.11 Å². The van der Waals surface area contributed by atoms with Crippen molar-refractivity contribution in [3.8, 4) is 0 Å². The Morgan fingerprint density at radius 3 is 2.44 bits per heavy atom. The lowest BCUT2D eigenvalue weighted by atomic mass is 10.1. The van der Waals surface area contributed by atoms with Gasteiger partial charge in [-0.15, -0.1) is 11.3 Å². The molecular formula is C12H10ClIOS. The number of rotatable bonds is 3. The number of aliphatic hydroxyl groups is 1. The molecule has 0 aliphatic rings. The highest BCUT2D eigenvalue weighted by atomic mass is 127. The minimum atomic E-state index is -0.452. The van der Waals surface area contributed by atoms with Crippen LogP contribution in [0, 0.1) is 3.57 Å². The average molecular weight is 365 g/mol. The van der Waals surface area contributed by atoms with Crippen LogP contribution >= 0.6 is 45.5 Å². The van der Waals surface area contributed by atoms with Gasteiger partial charge in [-0.1, -0.05) is 23.7 Å². The Labute approximate surface area is 117 Å². The maximum absolute atomic E-state index is 10.0. The van der Waals surface area contributed by atoms with Crippen LogP contribution in [0.3, 0.4) is 0 Å². The molecule has 1 N–H and O–H groups in total. The Morgan fingerprint density at radius 2 is 1.88 bits per heavy atom. The molecule has 0 aliphatic carbocycles. The minimum Gasteiger partial charge on any atom is -0.388 e. The van der Waals surface area contributed by atoms with Crippen LogP contribution in [-0.4, -0.2) is 5.11 Å². The van der Waals surface area contributed by atoms with Crippen LogP contribution in [0.1, 0.15) is 16.5 Å². The van der Waals surface area contributed by atoms with E-state index in [1.165, 1.54) is 14.9 Å². The first-order valence-corrected chi connectivity index (χ1v) is 7.10. The molecule has 0 radical (unpaired) electrons. The fourth-order valence-corrected chi connectivity index (χ4v) is 2.94. The number of hydrogen-bond donors (Lipinski definition) is 1. The van der Waals surface area contributed by atoms with Crippen LogP contribution in [0.5, 0.6) is 0 Å². The summed E-state index contributed by atoms with van der Waals surface area (Å²) >= 11 is 9.61. The molecule has 0 saturated heterocycles. The fourth-order valence-electron chi connectivity index (χ4n) is 1.45. The van der Waals surface area contributed by atoms with Gasteiger partial charge in [0, 0.05) is 14.9 Å². The lowest BCUT2D eigenvalue weighted by molar-refractivity contribution is 0.179. The zero-order valence-corrected chi connectivity index (χ0v) is 12.1. The highest BCUT2D eigenvalue weighted by Crippen LogP contribution is 2.26. The fraction of sp³-hybridized carbons (Fsp3) is 0.167. The van der Waals surface area contributed by atoms with E-state index >= 15 is 0 Å². The van der Waals surface area contributed by atoms with Crippen molar-refractivity contribution in [1.82, 2.24) is 0 Å². The van der Waals surface area contributed by atoms with E-state index in [0.29, 0.717) is 6.42 Å². The first kappa shape index (κ1) is 12.4. The zero-order chi connectivity index (χ0) is 11.5. The second-order valence-electron chi connectivity index (χ2n) is 3.48. The lowest BCUT2D eigenvalue weighted by Crippen LogP contribution is -2.00. The highest BCUT2D eigenvalue weighted by molar-refractivity contribution is 14.1. The van der Waals surface area contributed by atoms with E-state index in [1.54, 1.807) is 0 Å². The summed E-state index contributed by atoms with van der Waals surface area (Å²) in [7, 11) is 0. The first-order chi connectivity index (χ1) is 7.65. The van der Waals surface area contributed by atoms with E-state index in [-0.39, 0.29) is 0 Å². The predicted octanol–water partition coefficient (Wildman–Crippen LogP) is 4.28. The molecule has 84 valence electrons. The molecule has 1 atom stereocenters. The monoisotopic (exact) mass is 364 g/mol. The third-order valence-corrected chi connectivity index (χ3v) is 4.25. The topological polar surface area (TPSA) is 20.2 Å². The Hall–Kier alpha value is -0.100. The van der Waals surface area contributed by atoms with E-state index in [2.05, 4.69) is 22.6 Å². The number of benzene rings is 1. The molecular weight excluding hydrogens is 355 g/mol. The van der Waals surface area contributed by atoms with Crippen LogP contribution in [-0.2, 0) is 6.42 Å². The molecule has 0 spiro atoms. The van der Waals surface area contributed by atoms with Gasteiger partial charge in [-0.2, -0.15) is 0 Å².